The van der Waals surface area contributed by atoms with Crippen molar-refractivity contribution in [1.82, 2.24) is 24.1 Å². The van der Waals surface area contributed by atoms with Crippen molar-refractivity contribution >= 4 is 5.65 Å². The van der Waals surface area contributed by atoms with Crippen LogP contribution in [0, 0.1) is 6.92 Å². The Kier molecular flexibility index (Phi) is 2.21. The summed E-state index contributed by atoms with van der Waals surface area (Å²) in [4.78, 5) is 4.60. The SMILES string of the molecule is Cc1nc2ccccn2c1-c1nnc2n1CCCC2. The number of pyridine rings is 1. The van der Waals surface area contributed by atoms with Crippen molar-refractivity contribution < 1.29 is 0 Å². The Bertz CT molecular complexity index is 752. The van der Waals surface area contributed by atoms with Crippen molar-refractivity contribution in [2.75, 3.05) is 0 Å². The maximum atomic E-state index is 4.60. The van der Waals surface area contributed by atoms with Gasteiger partial charge < -0.3 is 4.57 Å². The molecule has 0 fully saturated rings. The Morgan fingerprint density at radius 3 is 3.05 bits per heavy atom. The molecule has 0 bridgehead atoms. The molecule has 0 aromatic carbocycles. The Balaban J connectivity index is 2.00. The van der Waals surface area contributed by atoms with Gasteiger partial charge in [-0.15, -0.1) is 10.2 Å². The molecule has 4 heterocycles. The Morgan fingerprint density at radius 2 is 2.11 bits per heavy atom. The molecular formula is C14H15N5. The summed E-state index contributed by atoms with van der Waals surface area (Å²) in [7, 11) is 0. The van der Waals surface area contributed by atoms with E-state index in [9.17, 15) is 0 Å². The molecule has 0 N–H and O–H groups in total. The lowest BCUT2D eigenvalue weighted by Gasteiger charge is -2.14. The van der Waals surface area contributed by atoms with Gasteiger partial charge in [0.05, 0.1) is 5.69 Å². The molecule has 1 aliphatic heterocycles. The fourth-order valence-electron chi connectivity index (χ4n) is 2.87. The van der Waals surface area contributed by atoms with Gasteiger partial charge in [-0.3, -0.25) is 4.40 Å². The first-order valence-corrected chi connectivity index (χ1v) is 6.71. The highest BCUT2D eigenvalue weighted by molar-refractivity contribution is 5.61. The van der Waals surface area contributed by atoms with E-state index >= 15 is 0 Å². The zero-order valence-corrected chi connectivity index (χ0v) is 10.9. The minimum atomic E-state index is 0.950. The van der Waals surface area contributed by atoms with Crippen LogP contribution in [0.4, 0.5) is 0 Å². The van der Waals surface area contributed by atoms with Crippen molar-refractivity contribution in [3.05, 3.63) is 35.9 Å². The second-order valence-corrected chi connectivity index (χ2v) is 5.02. The monoisotopic (exact) mass is 253 g/mol. The van der Waals surface area contributed by atoms with Crippen LogP contribution < -0.4 is 0 Å². The molecule has 0 atom stereocenters. The van der Waals surface area contributed by atoms with E-state index < -0.39 is 0 Å². The molecule has 0 saturated heterocycles. The van der Waals surface area contributed by atoms with E-state index in [1.165, 1.54) is 12.8 Å². The summed E-state index contributed by atoms with van der Waals surface area (Å²) in [5, 5.41) is 8.74. The van der Waals surface area contributed by atoms with Crippen LogP contribution in [0.1, 0.15) is 24.4 Å². The lowest BCUT2D eigenvalue weighted by Crippen LogP contribution is -2.12. The molecule has 0 amide bonds. The third-order valence-electron chi connectivity index (χ3n) is 3.78. The molecule has 0 unspecified atom stereocenters. The van der Waals surface area contributed by atoms with Gasteiger partial charge in [-0.2, -0.15) is 0 Å². The first-order valence-electron chi connectivity index (χ1n) is 6.71. The van der Waals surface area contributed by atoms with E-state index in [1.807, 2.05) is 31.3 Å². The molecule has 4 rings (SSSR count). The van der Waals surface area contributed by atoms with Gasteiger partial charge in [0.2, 0.25) is 0 Å². The summed E-state index contributed by atoms with van der Waals surface area (Å²) in [5.41, 5.74) is 3.03. The topological polar surface area (TPSA) is 48.0 Å². The van der Waals surface area contributed by atoms with E-state index in [2.05, 4.69) is 24.1 Å². The van der Waals surface area contributed by atoms with Gasteiger partial charge in [-0.25, -0.2) is 4.98 Å². The van der Waals surface area contributed by atoms with Crippen molar-refractivity contribution in [2.24, 2.45) is 0 Å². The fraction of sp³-hybridized carbons (Fsp3) is 0.357. The van der Waals surface area contributed by atoms with Crippen LogP contribution in [0.15, 0.2) is 24.4 Å². The quantitative estimate of drug-likeness (QED) is 0.668. The van der Waals surface area contributed by atoms with Crippen LogP contribution in [-0.4, -0.2) is 24.1 Å². The summed E-state index contributed by atoms with van der Waals surface area (Å²) in [6.45, 7) is 3.05. The van der Waals surface area contributed by atoms with Crippen LogP contribution in [0.2, 0.25) is 0 Å². The van der Waals surface area contributed by atoms with Gasteiger partial charge in [0.25, 0.3) is 0 Å². The molecule has 96 valence electrons. The molecule has 0 spiro atoms. The third kappa shape index (κ3) is 1.51. The van der Waals surface area contributed by atoms with Crippen LogP contribution in [-0.2, 0) is 13.0 Å². The molecule has 3 aromatic heterocycles. The number of hydrogen-bond donors (Lipinski definition) is 0. The van der Waals surface area contributed by atoms with Gasteiger partial charge in [0.15, 0.2) is 5.82 Å². The third-order valence-corrected chi connectivity index (χ3v) is 3.78. The molecule has 0 saturated carbocycles. The predicted octanol–water partition coefficient (Wildman–Crippen LogP) is 2.24. The lowest BCUT2D eigenvalue weighted by molar-refractivity contribution is 0.525. The van der Waals surface area contributed by atoms with Gasteiger partial charge in [0, 0.05) is 19.2 Å². The van der Waals surface area contributed by atoms with E-state index in [0.717, 1.165) is 41.6 Å². The summed E-state index contributed by atoms with van der Waals surface area (Å²) in [6, 6.07) is 6.04. The minimum absolute atomic E-state index is 0.950. The summed E-state index contributed by atoms with van der Waals surface area (Å²) >= 11 is 0. The molecule has 3 aromatic rings. The molecular weight excluding hydrogens is 238 g/mol. The maximum Gasteiger partial charge on any atom is 0.182 e. The van der Waals surface area contributed by atoms with E-state index in [4.69, 9.17) is 0 Å². The standard InChI is InChI=1S/C14H15N5/c1-10-13(18-8-4-2-6-11(18)15-10)14-17-16-12-7-3-5-9-19(12)14/h2,4,6,8H,3,5,7,9H2,1H3. The summed E-state index contributed by atoms with van der Waals surface area (Å²) < 4.78 is 4.34. The number of aryl methyl sites for hydroxylation is 2. The number of aromatic nitrogens is 5. The second-order valence-electron chi connectivity index (χ2n) is 5.02. The summed E-state index contributed by atoms with van der Waals surface area (Å²) in [5.74, 6) is 2.05. The number of hydrogen-bond acceptors (Lipinski definition) is 3. The van der Waals surface area contributed by atoms with Crippen LogP contribution in [0.25, 0.3) is 17.2 Å². The van der Waals surface area contributed by atoms with E-state index in [-0.39, 0.29) is 0 Å². The largest absolute Gasteiger partial charge is 0.310 e. The molecule has 0 aliphatic carbocycles. The molecule has 0 radical (unpaired) electrons. The predicted molar refractivity (Wildman–Crippen MR) is 71.9 cm³/mol. The fourth-order valence-corrected chi connectivity index (χ4v) is 2.87. The molecule has 5 heteroatoms. The molecule has 19 heavy (non-hydrogen) atoms. The Labute approximate surface area is 110 Å². The van der Waals surface area contributed by atoms with Crippen molar-refractivity contribution in [1.29, 1.82) is 0 Å². The van der Waals surface area contributed by atoms with Gasteiger partial charge in [-0.05, 0) is 31.9 Å². The number of nitrogens with zero attached hydrogens (tertiary/aromatic N) is 5. The summed E-state index contributed by atoms with van der Waals surface area (Å²) in [6.07, 6.45) is 5.48. The van der Waals surface area contributed by atoms with Gasteiger partial charge in [-0.1, -0.05) is 6.07 Å². The Morgan fingerprint density at radius 1 is 1.16 bits per heavy atom. The number of fused-ring (bicyclic) bond motifs is 2. The smallest absolute Gasteiger partial charge is 0.182 e. The zero-order chi connectivity index (χ0) is 12.8. The zero-order valence-electron chi connectivity index (χ0n) is 10.9. The molecule has 1 aliphatic rings. The number of imidazole rings is 1. The lowest BCUT2D eigenvalue weighted by atomic mass is 10.1. The van der Waals surface area contributed by atoms with E-state index in [1.54, 1.807) is 0 Å². The second kappa shape index (κ2) is 3.91. The minimum Gasteiger partial charge on any atom is -0.310 e. The highest BCUT2D eigenvalue weighted by atomic mass is 15.3. The van der Waals surface area contributed by atoms with Gasteiger partial charge >= 0.3 is 0 Å². The highest BCUT2D eigenvalue weighted by Crippen LogP contribution is 2.26. The normalized spacial score (nSPS) is 14.8. The van der Waals surface area contributed by atoms with Crippen molar-refractivity contribution in [3.63, 3.8) is 0 Å². The van der Waals surface area contributed by atoms with Crippen molar-refractivity contribution in [3.8, 4) is 11.5 Å². The highest BCUT2D eigenvalue weighted by Gasteiger charge is 2.21. The van der Waals surface area contributed by atoms with Crippen LogP contribution >= 0.6 is 0 Å². The van der Waals surface area contributed by atoms with Crippen LogP contribution in [0.3, 0.4) is 0 Å². The van der Waals surface area contributed by atoms with Gasteiger partial charge in [0.1, 0.15) is 17.2 Å². The average Bonchev–Trinajstić information content (AvgIpc) is 2.98. The average molecular weight is 253 g/mol. The number of rotatable bonds is 1. The maximum absolute atomic E-state index is 4.60. The first kappa shape index (κ1) is 10.7. The van der Waals surface area contributed by atoms with Crippen molar-refractivity contribution in [2.45, 2.75) is 32.7 Å². The van der Waals surface area contributed by atoms with Crippen LogP contribution in [0.5, 0.6) is 0 Å². The Hall–Kier alpha value is -2.17. The first-order chi connectivity index (χ1) is 9.34. The molecule has 5 nitrogen and oxygen atoms in total. The van der Waals surface area contributed by atoms with E-state index in [0.29, 0.717) is 0 Å².